The highest BCUT2D eigenvalue weighted by Gasteiger charge is 2.28. The molecule has 2 fully saturated rings. The van der Waals surface area contributed by atoms with E-state index in [1.807, 2.05) is 0 Å². The third-order valence-electron chi connectivity index (χ3n) is 4.52. The Morgan fingerprint density at radius 3 is 2.90 bits per heavy atom. The lowest BCUT2D eigenvalue weighted by molar-refractivity contribution is -0.0450. The van der Waals surface area contributed by atoms with E-state index in [1.165, 1.54) is 12.8 Å². The summed E-state index contributed by atoms with van der Waals surface area (Å²) in [4.78, 5) is 6.97. The zero-order chi connectivity index (χ0) is 14.7. The van der Waals surface area contributed by atoms with Gasteiger partial charge in [0.15, 0.2) is 0 Å². The average molecular weight is 294 g/mol. The van der Waals surface area contributed by atoms with Crippen molar-refractivity contribution in [3.05, 3.63) is 11.7 Å². The molecular formula is C15H26N4O2. The number of piperidine rings is 1. The van der Waals surface area contributed by atoms with E-state index in [9.17, 15) is 0 Å². The Bertz CT molecular complexity index is 443. The van der Waals surface area contributed by atoms with Crippen LogP contribution in [0, 0.1) is 5.92 Å². The smallest absolute Gasteiger partial charge is 0.227 e. The molecule has 0 spiro atoms. The van der Waals surface area contributed by atoms with Gasteiger partial charge in [-0.3, -0.25) is 4.90 Å². The second kappa shape index (κ2) is 6.85. The van der Waals surface area contributed by atoms with Crippen molar-refractivity contribution in [3.8, 4) is 0 Å². The summed E-state index contributed by atoms with van der Waals surface area (Å²) in [7, 11) is 0. The number of morpholine rings is 1. The zero-order valence-corrected chi connectivity index (χ0v) is 13.0. The van der Waals surface area contributed by atoms with Crippen molar-refractivity contribution in [1.29, 1.82) is 0 Å². The molecule has 0 saturated carbocycles. The lowest BCUT2D eigenvalue weighted by Crippen LogP contribution is -2.42. The zero-order valence-electron chi connectivity index (χ0n) is 13.0. The van der Waals surface area contributed by atoms with Crippen molar-refractivity contribution in [2.24, 2.45) is 5.92 Å². The largest absolute Gasteiger partial charge is 0.367 e. The first-order valence-corrected chi connectivity index (χ1v) is 8.11. The molecule has 2 aliphatic rings. The van der Waals surface area contributed by atoms with Gasteiger partial charge in [-0.1, -0.05) is 5.16 Å². The first-order chi connectivity index (χ1) is 10.2. The van der Waals surface area contributed by atoms with Crippen LogP contribution in [-0.2, 0) is 11.2 Å². The van der Waals surface area contributed by atoms with Crippen LogP contribution < -0.4 is 5.32 Å². The van der Waals surface area contributed by atoms with Crippen LogP contribution in [-0.4, -0.2) is 53.9 Å². The Morgan fingerprint density at radius 2 is 2.14 bits per heavy atom. The van der Waals surface area contributed by atoms with Crippen molar-refractivity contribution >= 4 is 0 Å². The van der Waals surface area contributed by atoms with E-state index in [2.05, 4.69) is 34.2 Å². The van der Waals surface area contributed by atoms with Crippen LogP contribution in [0.25, 0.3) is 0 Å². The molecule has 21 heavy (non-hydrogen) atoms. The van der Waals surface area contributed by atoms with Crippen molar-refractivity contribution in [1.82, 2.24) is 20.4 Å². The summed E-state index contributed by atoms with van der Waals surface area (Å²) in [5, 5.41) is 7.53. The van der Waals surface area contributed by atoms with E-state index in [0.717, 1.165) is 45.1 Å². The van der Waals surface area contributed by atoms with Gasteiger partial charge >= 0.3 is 0 Å². The molecule has 1 atom stereocenters. The second-order valence-electron chi connectivity index (χ2n) is 6.39. The Balaban J connectivity index is 1.58. The van der Waals surface area contributed by atoms with Crippen LogP contribution >= 0.6 is 0 Å². The number of nitrogens with zero attached hydrogens (tertiary/aromatic N) is 3. The lowest BCUT2D eigenvalue weighted by atomic mass is 9.95. The topological polar surface area (TPSA) is 63.4 Å². The number of rotatable bonds is 4. The van der Waals surface area contributed by atoms with E-state index < -0.39 is 0 Å². The third kappa shape index (κ3) is 3.81. The maximum atomic E-state index is 5.81. The molecular weight excluding hydrogens is 268 g/mol. The summed E-state index contributed by atoms with van der Waals surface area (Å²) in [6, 6.07) is 0.525. The SMILES string of the molecule is CC(C)N1CCOC(c2noc(CC3CCNCC3)n2)C1. The average Bonchev–Trinajstić information content (AvgIpc) is 2.97. The van der Waals surface area contributed by atoms with E-state index in [1.54, 1.807) is 0 Å². The molecule has 0 bridgehead atoms. The molecule has 2 saturated heterocycles. The van der Waals surface area contributed by atoms with E-state index in [-0.39, 0.29) is 6.10 Å². The van der Waals surface area contributed by atoms with Gasteiger partial charge in [-0.15, -0.1) is 0 Å². The fourth-order valence-electron chi connectivity index (χ4n) is 3.11. The minimum atomic E-state index is -0.0494. The first kappa shape index (κ1) is 14.9. The van der Waals surface area contributed by atoms with Gasteiger partial charge in [0, 0.05) is 25.6 Å². The molecule has 3 rings (SSSR count). The molecule has 0 radical (unpaired) electrons. The highest BCUT2D eigenvalue weighted by Crippen LogP contribution is 2.23. The number of nitrogens with one attached hydrogen (secondary N) is 1. The maximum Gasteiger partial charge on any atom is 0.227 e. The summed E-state index contributed by atoms with van der Waals surface area (Å²) in [6.45, 7) is 9.18. The van der Waals surface area contributed by atoms with E-state index >= 15 is 0 Å². The predicted octanol–water partition coefficient (Wildman–Crippen LogP) is 1.39. The molecule has 3 heterocycles. The molecule has 0 amide bonds. The summed E-state index contributed by atoms with van der Waals surface area (Å²) < 4.78 is 11.2. The number of aromatic nitrogens is 2. The fraction of sp³-hybridized carbons (Fsp3) is 0.867. The lowest BCUT2D eigenvalue weighted by Gasteiger charge is -2.34. The van der Waals surface area contributed by atoms with Gasteiger partial charge in [-0.05, 0) is 45.7 Å². The van der Waals surface area contributed by atoms with Gasteiger partial charge in [0.25, 0.3) is 0 Å². The maximum absolute atomic E-state index is 5.81. The highest BCUT2D eigenvalue weighted by molar-refractivity contribution is 4.95. The van der Waals surface area contributed by atoms with Gasteiger partial charge in [-0.2, -0.15) is 4.98 Å². The molecule has 118 valence electrons. The summed E-state index contributed by atoms with van der Waals surface area (Å²) in [6.07, 6.45) is 3.24. The van der Waals surface area contributed by atoms with E-state index in [0.29, 0.717) is 17.8 Å². The molecule has 6 nitrogen and oxygen atoms in total. The first-order valence-electron chi connectivity index (χ1n) is 8.11. The standard InChI is InChI=1S/C15H26N4O2/c1-11(2)19-7-8-20-13(10-19)15-17-14(21-18-15)9-12-3-5-16-6-4-12/h11-13,16H,3-10H2,1-2H3. The van der Waals surface area contributed by atoms with Crippen LogP contribution in [0.2, 0.25) is 0 Å². The predicted molar refractivity (Wildman–Crippen MR) is 79.0 cm³/mol. The van der Waals surface area contributed by atoms with Crippen LogP contribution in [0.5, 0.6) is 0 Å². The summed E-state index contributed by atoms with van der Waals surface area (Å²) >= 11 is 0. The summed E-state index contributed by atoms with van der Waals surface area (Å²) in [5.41, 5.74) is 0. The van der Waals surface area contributed by atoms with Crippen LogP contribution in [0.4, 0.5) is 0 Å². The molecule has 2 aliphatic heterocycles. The molecule has 0 aromatic carbocycles. The third-order valence-corrected chi connectivity index (χ3v) is 4.52. The van der Waals surface area contributed by atoms with Crippen molar-refractivity contribution in [2.75, 3.05) is 32.8 Å². The summed E-state index contributed by atoms with van der Waals surface area (Å²) in [5.74, 6) is 2.14. The van der Waals surface area contributed by atoms with Gasteiger partial charge in [0.05, 0.1) is 6.61 Å². The van der Waals surface area contributed by atoms with Crippen LogP contribution in [0.1, 0.15) is 44.5 Å². The Labute approximate surface area is 126 Å². The highest BCUT2D eigenvalue weighted by atomic mass is 16.5. The second-order valence-corrected chi connectivity index (χ2v) is 6.39. The van der Waals surface area contributed by atoms with Crippen LogP contribution in [0.15, 0.2) is 4.52 Å². The van der Waals surface area contributed by atoms with Gasteiger partial charge in [0.2, 0.25) is 11.7 Å². The van der Waals surface area contributed by atoms with Crippen LogP contribution in [0.3, 0.4) is 0 Å². The van der Waals surface area contributed by atoms with Gasteiger partial charge < -0.3 is 14.6 Å². The number of hydrogen-bond acceptors (Lipinski definition) is 6. The number of hydrogen-bond donors (Lipinski definition) is 1. The molecule has 0 aliphatic carbocycles. The molecule has 1 aromatic rings. The van der Waals surface area contributed by atoms with Crippen molar-refractivity contribution in [2.45, 2.75) is 45.3 Å². The molecule has 6 heteroatoms. The monoisotopic (exact) mass is 294 g/mol. The minimum Gasteiger partial charge on any atom is -0.367 e. The van der Waals surface area contributed by atoms with Crippen molar-refractivity contribution in [3.63, 3.8) is 0 Å². The Hall–Kier alpha value is -0.980. The minimum absolute atomic E-state index is 0.0494. The van der Waals surface area contributed by atoms with Gasteiger partial charge in [-0.25, -0.2) is 0 Å². The normalized spacial score (nSPS) is 25.6. The fourth-order valence-corrected chi connectivity index (χ4v) is 3.11. The molecule has 1 unspecified atom stereocenters. The Morgan fingerprint density at radius 1 is 1.33 bits per heavy atom. The van der Waals surface area contributed by atoms with Crippen molar-refractivity contribution < 1.29 is 9.26 Å². The van der Waals surface area contributed by atoms with E-state index in [4.69, 9.17) is 9.26 Å². The number of ether oxygens (including phenoxy) is 1. The van der Waals surface area contributed by atoms with Gasteiger partial charge in [0.1, 0.15) is 6.10 Å². The Kier molecular flexibility index (Phi) is 4.87. The molecule has 1 aromatic heterocycles. The quantitative estimate of drug-likeness (QED) is 0.905. The molecule has 1 N–H and O–H groups in total.